The van der Waals surface area contributed by atoms with E-state index < -0.39 is 59.5 Å². The Morgan fingerprint density at radius 3 is 2.50 bits per heavy atom. The first-order valence-electron chi connectivity index (χ1n) is 11.8. The third-order valence-corrected chi connectivity index (χ3v) is 6.81. The Morgan fingerprint density at radius 1 is 1.22 bits per heavy atom. The zero-order valence-electron chi connectivity index (χ0n) is 20.7. The van der Waals surface area contributed by atoms with Crippen molar-refractivity contribution in [1.29, 1.82) is 0 Å². The molecule has 0 spiro atoms. The maximum Gasteiger partial charge on any atom is 0.305 e. The number of carboxylic acid groups (broad SMARTS) is 1. The number of ether oxygens (including phenoxy) is 1. The fourth-order valence-electron chi connectivity index (χ4n) is 5.08. The summed E-state index contributed by atoms with van der Waals surface area (Å²) >= 11 is 0. The average molecular weight is 506 g/mol. The number of carboxylic acids is 1. The van der Waals surface area contributed by atoms with Gasteiger partial charge in [-0.25, -0.2) is 4.39 Å². The van der Waals surface area contributed by atoms with E-state index in [-0.39, 0.29) is 23.3 Å². The molecule has 3 unspecified atom stereocenters. The molecule has 2 fully saturated rings. The van der Waals surface area contributed by atoms with Crippen molar-refractivity contribution in [2.24, 2.45) is 11.3 Å². The van der Waals surface area contributed by atoms with Crippen molar-refractivity contribution >= 4 is 30.0 Å². The lowest BCUT2D eigenvalue weighted by molar-refractivity contribution is -0.147. The van der Waals surface area contributed by atoms with Crippen LogP contribution in [0.5, 0.6) is 5.75 Å². The minimum absolute atomic E-state index is 0.110. The van der Waals surface area contributed by atoms with Crippen molar-refractivity contribution in [2.75, 3.05) is 7.11 Å². The van der Waals surface area contributed by atoms with E-state index in [1.165, 1.54) is 30.2 Å². The third kappa shape index (κ3) is 5.50. The Morgan fingerprint density at radius 2 is 1.92 bits per heavy atom. The van der Waals surface area contributed by atoms with Gasteiger partial charge in [0.25, 0.3) is 5.91 Å². The molecule has 3 rings (SSSR count). The minimum atomic E-state index is -1.24. The summed E-state index contributed by atoms with van der Waals surface area (Å²) in [7, 11) is 1.28. The van der Waals surface area contributed by atoms with Crippen LogP contribution in [0.3, 0.4) is 0 Å². The number of rotatable bonds is 9. The summed E-state index contributed by atoms with van der Waals surface area (Å²) in [5, 5.41) is 14.1. The standard InChI is InChI=1S/C25H32FN3O7/c1-25(2,3)21(28-22(33)16-6-5-7-17(36-4)19(16)26)24(35)29-15-9-8-13(10-15)20(29)23(34)27-14(12-30)11-18(31)32/h5-7,12-15,20-21H,8-11H2,1-4H3,(H,27,34)(H,28,33)(H,31,32)/t13-,14?,15?,20?,21+/m0/s1. The number of nitrogens with one attached hydrogen (secondary N) is 2. The Hall–Kier alpha value is -3.50. The number of nitrogens with zero attached hydrogens (tertiary/aromatic N) is 1. The number of halogens is 1. The fraction of sp³-hybridized carbons (Fsp3) is 0.560. The molecule has 196 valence electrons. The SMILES string of the molecule is COc1cccc(C(=O)N[C@H](C(=O)N2C3CC[C@@H](C3)C2C(=O)NC(C=O)CC(=O)O)C(C)(C)C)c1F. The largest absolute Gasteiger partial charge is 0.494 e. The van der Waals surface area contributed by atoms with E-state index in [0.717, 1.165) is 0 Å². The molecule has 1 saturated carbocycles. The quantitative estimate of drug-likeness (QED) is 0.432. The number of carbonyl (C=O) groups is 5. The van der Waals surface area contributed by atoms with Crippen LogP contribution in [0, 0.1) is 17.2 Å². The van der Waals surface area contributed by atoms with Crippen molar-refractivity contribution in [2.45, 2.75) is 70.6 Å². The maximum atomic E-state index is 14.7. The van der Waals surface area contributed by atoms with Gasteiger partial charge in [-0.3, -0.25) is 19.2 Å². The molecule has 10 nitrogen and oxygen atoms in total. The van der Waals surface area contributed by atoms with Crippen LogP contribution in [0.15, 0.2) is 18.2 Å². The normalized spacial score (nSPS) is 22.5. The van der Waals surface area contributed by atoms with Gasteiger partial charge in [0.15, 0.2) is 11.6 Å². The number of carbonyl (C=O) groups excluding carboxylic acids is 4. The Kier molecular flexibility index (Phi) is 8.00. The van der Waals surface area contributed by atoms with Gasteiger partial charge in [0.1, 0.15) is 18.4 Å². The number of piperidine rings is 1. The number of amides is 3. The molecule has 1 aromatic carbocycles. The van der Waals surface area contributed by atoms with Crippen LogP contribution < -0.4 is 15.4 Å². The van der Waals surface area contributed by atoms with Crippen molar-refractivity contribution in [1.82, 2.24) is 15.5 Å². The van der Waals surface area contributed by atoms with Crippen molar-refractivity contribution in [3.8, 4) is 5.75 Å². The lowest BCUT2D eigenvalue weighted by Crippen LogP contribution is -2.61. The van der Waals surface area contributed by atoms with E-state index in [9.17, 15) is 28.4 Å². The molecule has 1 saturated heterocycles. The zero-order chi connectivity index (χ0) is 26.8. The van der Waals surface area contributed by atoms with Crippen LogP contribution in [0.25, 0.3) is 0 Å². The number of aliphatic carboxylic acids is 1. The topological polar surface area (TPSA) is 142 Å². The minimum Gasteiger partial charge on any atom is -0.494 e. The van der Waals surface area contributed by atoms with Gasteiger partial charge in [0.2, 0.25) is 11.8 Å². The second kappa shape index (κ2) is 10.6. The van der Waals surface area contributed by atoms with Crippen LogP contribution in [-0.2, 0) is 19.2 Å². The number of methoxy groups -OCH3 is 1. The second-order valence-corrected chi connectivity index (χ2v) is 10.4. The van der Waals surface area contributed by atoms with E-state index in [4.69, 9.17) is 9.84 Å². The Balaban J connectivity index is 1.86. The Bertz CT molecular complexity index is 1050. The Labute approximate surface area is 208 Å². The van der Waals surface area contributed by atoms with Crippen LogP contribution >= 0.6 is 0 Å². The number of fused-ring (bicyclic) bond motifs is 2. The molecular formula is C25H32FN3O7. The van der Waals surface area contributed by atoms with Crippen LogP contribution in [0.1, 0.15) is 56.8 Å². The number of benzene rings is 1. The van der Waals surface area contributed by atoms with Crippen LogP contribution in [-0.4, -0.2) is 71.3 Å². The highest BCUT2D eigenvalue weighted by molar-refractivity contribution is 5.99. The van der Waals surface area contributed by atoms with E-state index in [0.29, 0.717) is 25.5 Å². The number of hydrogen-bond acceptors (Lipinski definition) is 6. The predicted octanol–water partition coefficient (Wildman–Crippen LogP) is 1.52. The van der Waals surface area contributed by atoms with Crippen LogP contribution in [0.2, 0.25) is 0 Å². The monoisotopic (exact) mass is 505 g/mol. The summed E-state index contributed by atoms with van der Waals surface area (Å²) in [6, 6.07) is 0.676. The van der Waals surface area contributed by atoms with E-state index in [1.54, 1.807) is 20.8 Å². The number of aldehydes is 1. The highest BCUT2D eigenvalue weighted by Gasteiger charge is 2.53. The molecule has 1 aliphatic heterocycles. The lowest BCUT2D eigenvalue weighted by atomic mass is 9.84. The first-order valence-corrected chi connectivity index (χ1v) is 11.8. The molecule has 36 heavy (non-hydrogen) atoms. The maximum absolute atomic E-state index is 14.7. The summed E-state index contributed by atoms with van der Waals surface area (Å²) in [4.78, 5) is 63.7. The summed E-state index contributed by atoms with van der Waals surface area (Å²) in [6.07, 6.45) is 1.76. The molecule has 5 atom stereocenters. The highest BCUT2D eigenvalue weighted by Crippen LogP contribution is 2.43. The molecular weight excluding hydrogens is 473 g/mol. The van der Waals surface area contributed by atoms with Crippen molar-refractivity contribution in [3.63, 3.8) is 0 Å². The van der Waals surface area contributed by atoms with Gasteiger partial charge in [-0.1, -0.05) is 26.8 Å². The highest BCUT2D eigenvalue weighted by atomic mass is 19.1. The first kappa shape index (κ1) is 27.1. The van der Waals surface area contributed by atoms with Gasteiger partial charge in [0.05, 0.1) is 25.1 Å². The molecule has 3 N–H and O–H groups in total. The van der Waals surface area contributed by atoms with Crippen molar-refractivity contribution in [3.05, 3.63) is 29.6 Å². The summed E-state index contributed by atoms with van der Waals surface area (Å²) < 4.78 is 19.6. The van der Waals surface area contributed by atoms with Gasteiger partial charge in [-0.05, 0) is 42.7 Å². The third-order valence-electron chi connectivity index (χ3n) is 6.81. The molecule has 3 amide bonds. The molecule has 1 aromatic rings. The fourth-order valence-corrected chi connectivity index (χ4v) is 5.08. The summed E-state index contributed by atoms with van der Waals surface area (Å²) in [5.41, 5.74) is -1.07. The smallest absolute Gasteiger partial charge is 0.305 e. The first-order chi connectivity index (χ1) is 16.9. The predicted molar refractivity (Wildman–Crippen MR) is 126 cm³/mol. The number of likely N-dealkylation sites (tertiary alicyclic amines) is 1. The average Bonchev–Trinajstić information content (AvgIpc) is 3.42. The van der Waals surface area contributed by atoms with Gasteiger partial charge in [-0.2, -0.15) is 0 Å². The number of hydrogen-bond donors (Lipinski definition) is 3. The molecule has 1 aliphatic carbocycles. The zero-order valence-corrected chi connectivity index (χ0v) is 20.7. The molecule has 0 radical (unpaired) electrons. The molecule has 2 bridgehead atoms. The summed E-state index contributed by atoms with van der Waals surface area (Å²) in [6.45, 7) is 5.24. The van der Waals surface area contributed by atoms with E-state index >= 15 is 0 Å². The summed E-state index contributed by atoms with van der Waals surface area (Å²) in [5.74, 6) is -4.25. The van der Waals surface area contributed by atoms with E-state index in [2.05, 4.69) is 10.6 Å². The molecule has 0 aromatic heterocycles. The van der Waals surface area contributed by atoms with Crippen LogP contribution in [0.4, 0.5) is 4.39 Å². The van der Waals surface area contributed by atoms with Gasteiger partial charge >= 0.3 is 5.97 Å². The lowest BCUT2D eigenvalue weighted by Gasteiger charge is -2.40. The molecule has 11 heteroatoms. The van der Waals surface area contributed by atoms with Gasteiger partial charge < -0.3 is 30.2 Å². The molecule has 2 aliphatic rings. The molecule has 1 heterocycles. The van der Waals surface area contributed by atoms with Gasteiger partial charge in [-0.15, -0.1) is 0 Å². The van der Waals surface area contributed by atoms with E-state index in [1.807, 2.05) is 0 Å². The van der Waals surface area contributed by atoms with Crippen molar-refractivity contribution < 1.29 is 38.2 Å². The van der Waals surface area contributed by atoms with Gasteiger partial charge in [0, 0.05) is 6.04 Å². The second-order valence-electron chi connectivity index (χ2n) is 10.4.